The van der Waals surface area contributed by atoms with Gasteiger partial charge in [0.2, 0.25) is 5.91 Å². The summed E-state index contributed by atoms with van der Waals surface area (Å²) in [6, 6.07) is 0. The first-order valence-electron chi connectivity index (χ1n) is 5.49. The van der Waals surface area contributed by atoms with Crippen molar-refractivity contribution in [1.82, 2.24) is 5.32 Å². The van der Waals surface area contributed by atoms with Gasteiger partial charge >= 0.3 is 0 Å². The Labute approximate surface area is 80.1 Å². The molecule has 0 heterocycles. The van der Waals surface area contributed by atoms with Crippen molar-refractivity contribution in [3.05, 3.63) is 0 Å². The van der Waals surface area contributed by atoms with Gasteiger partial charge in [-0.2, -0.15) is 0 Å². The first kappa shape index (κ1) is 9.04. The number of hydrogen-bond acceptors (Lipinski definition) is 1. The highest BCUT2D eigenvalue weighted by atomic mass is 16.1. The molecule has 0 aromatic rings. The van der Waals surface area contributed by atoms with E-state index in [1.807, 2.05) is 0 Å². The summed E-state index contributed by atoms with van der Waals surface area (Å²) in [4.78, 5) is 11.5. The maximum absolute atomic E-state index is 11.5. The number of hydrogen-bond donors (Lipinski definition) is 1. The molecular weight excluding hydrogens is 162 g/mol. The number of nitrogens with one attached hydrogen (secondary N) is 1. The van der Waals surface area contributed by atoms with Crippen molar-refractivity contribution >= 4 is 5.91 Å². The summed E-state index contributed by atoms with van der Waals surface area (Å²) in [6.45, 7) is 2.14. The minimum atomic E-state index is 0.176. The molecule has 0 saturated heterocycles. The van der Waals surface area contributed by atoms with E-state index in [-0.39, 0.29) is 11.4 Å². The van der Waals surface area contributed by atoms with Gasteiger partial charge in [-0.15, -0.1) is 0 Å². The first-order valence-corrected chi connectivity index (χ1v) is 5.49. The Morgan fingerprint density at radius 1 is 1.38 bits per heavy atom. The van der Waals surface area contributed by atoms with Gasteiger partial charge in [0.25, 0.3) is 0 Å². The molecule has 0 spiro atoms. The molecule has 2 heteroatoms. The van der Waals surface area contributed by atoms with Crippen molar-refractivity contribution in [3.8, 4) is 0 Å². The van der Waals surface area contributed by atoms with Crippen LogP contribution in [-0.4, -0.2) is 11.4 Å². The van der Waals surface area contributed by atoms with Crippen LogP contribution in [0.15, 0.2) is 0 Å². The van der Waals surface area contributed by atoms with E-state index in [1.54, 1.807) is 0 Å². The van der Waals surface area contributed by atoms with Crippen LogP contribution in [0, 0.1) is 5.92 Å². The van der Waals surface area contributed by atoms with E-state index in [2.05, 4.69) is 12.2 Å². The van der Waals surface area contributed by atoms with Gasteiger partial charge in [0.15, 0.2) is 0 Å². The zero-order valence-electron chi connectivity index (χ0n) is 8.44. The minimum absolute atomic E-state index is 0.176. The highest BCUT2D eigenvalue weighted by Gasteiger charge is 2.38. The molecule has 13 heavy (non-hydrogen) atoms. The maximum atomic E-state index is 11.5. The average Bonchev–Trinajstić information content (AvgIpc) is 2.61. The predicted octanol–water partition coefficient (Wildman–Crippen LogP) is 2.24. The van der Waals surface area contributed by atoms with Gasteiger partial charge < -0.3 is 5.32 Å². The van der Waals surface area contributed by atoms with Crippen molar-refractivity contribution in [1.29, 1.82) is 0 Å². The number of rotatable bonds is 3. The molecule has 0 radical (unpaired) electrons. The summed E-state index contributed by atoms with van der Waals surface area (Å²) in [5, 5.41) is 3.12. The normalized spacial score (nSPS) is 25.9. The van der Waals surface area contributed by atoms with E-state index in [4.69, 9.17) is 0 Å². The van der Waals surface area contributed by atoms with Crippen LogP contribution in [0.3, 0.4) is 0 Å². The molecule has 0 aliphatic heterocycles. The van der Waals surface area contributed by atoms with E-state index in [0.717, 1.165) is 6.42 Å². The summed E-state index contributed by atoms with van der Waals surface area (Å²) in [6.07, 6.45) is 8.31. The molecule has 74 valence electrons. The molecule has 2 nitrogen and oxygen atoms in total. The SMILES string of the molecule is CC1(NC(=O)CC2CCCC2)CC1. The van der Waals surface area contributed by atoms with Crippen molar-refractivity contribution in [3.63, 3.8) is 0 Å². The van der Waals surface area contributed by atoms with Crippen molar-refractivity contribution in [2.45, 2.75) is 57.4 Å². The fourth-order valence-electron chi connectivity index (χ4n) is 2.18. The van der Waals surface area contributed by atoms with E-state index in [9.17, 15) is 4.79 Å². The molecule has 2 saturated carbocycles. The lowest BCUT2D eigenvalue weighted by Gasteiger charge is -2.13. The third-order valence-corrected chi connectivity index (χ3v) is 3.39. The van der Waals surface area contributed by atoms with Gasteiger partial charge in [-0.1, -0.05) is 12.8 Å². The second kappa shape index (κ2) is 3.32. The molecule has 0 bridgehead atoms. The summed E-state index contributed by atoms with van der Waals surface area (Å²) in [7, 11) is 0. The summed E-state index contributed by atoms with van der Waals surface area (Å²) >= 11 is 0. The Balaban J connectivity index is 1.71. The third kappa shape index (κ3) is 2.45. The van der Waals surface area contributed by atoms with Gasteiger partial charge in [-0.25, -0.2) is 0 Å². The fraction of sp³-hybridized carbons (Fsp3) is 0.909. The molecular formula is C11H19NO. The molecule has 2 fully saturated rings. The van der Waals surface area contributed by atoms with Crippen LogP contribution >= 0.6 is 0 Å². The summed E-state index contributed by atoms with van der Waals surface area (Å²) in [5.74, 6) is 0.967. The zero-order valence-corrected chi connectivity index (χ0v) is 8.44. The summed E-state index contributed by atoms with van der Waals surface area (Å²) < 4.78 is 0. The largest absolute Gasteiger partial charge is 0.351 e. The topological polar surface area (TPSA) is 29.1 Å². The maximum Gasteiger partial charge on any atom is 0.220 e. The average molecular weight is 181 g/mol. The Morgan fingerprint density at radius 3 is 2.54 bits per heavy atom. The van der Waals surface area contributed by atoms with E-state index < -0.39 is 0 Å². The van der Waals surface area contributed by atoms with Crippen LogP contribution < -0.4 is 5.32 Å². The molecule has 2 aliphatic carbocycles. The predicted molar refractivity (Wildman–Crippen MR) is 52.4 cm³/mol. The van der Waals surface area contributed by atoms with Gasteiger partial charge in [-0.3, -0.25) is 4.79 Å². The molecule has 0 atom stereocenters. The van der Waals surface area contributed by atoms with E-state index in [1.165, 1.54) is 38.5 Å². The van der Waals surface area contributed by atoms with Crippen LogP contribution in [0.1, 0.15) is 51.9 Å². The zero-order chi connectivity index (χ0) is 9.31. The second-order valence-corrected chi connectivity index (χ2v) is 4.96. The van der Waals surface area contributed by atoms with Gasteiger partial charge in [0.05, 0.1) is 0 Å². The number of carbonyl (C=O) groups excluding carboxylic acids is 1. The van der Waals surface area contributed by atoms with Crippen molar-refractivity contribution in [2.24, 2.45) is 5.92 Å². The molecule has 0 aromatic heterocycles. The van der Waals surface area contributed by atoms with Gasteiger partial charge in [0.1, 0.15) is 0 Å². The van der Waals surface area contributed by atoms with Crippen molar-refractivity contribution in [2.75, 3.05) is 0 Å². The highest BCUT2D eigenvalue weighted by Crippen LogP contribution is 2.35. The number of carbonyl (C=O) groups is 1. The van der Waals surface area contributed by atoms with E-state index in [0.29, 0.717) is 5.92 Å². The van der Waals surface area contributed by atoms with Crippen molar-refractivity contribution < 1.29 is 4.79 Å². The molecule has 2 rings (SSSR count). The van der Waals surface area contributed by atoms with Gasteiger partial charge in [-0.05, 0) is 38.5 Å². The number of amides is 1. The standard InChI is InChI=1S/C11H19NO/c1-11(6-7-11)12-10(13)8-9-4-2-3-5-9/h9H,2-8H2,1H3,(H,12,13). The Morgan fingerprint density at radius 2 is 2.00 bits per heavy atom. The lowest BCUT2D eigenvalue weighted by atomic mass is 10.0. The second-order valence-electron chi connectivity index (χ2n) is 4.96. The van der Waals surface area contributed by atoms with Crippen LogP contribution in [0.4, 0.5) is 0 Å². The van der Waals surface area contributed by atoms with Crippen LogP contribution in [0.25, 0.3) is 0 Å². The molecule has 1 N–H and O–H groups in total. The lowest BCUT2D eigenvalue weighted by molar-refractivity contribution is -0.122. The molecule has 1 amide bonds. The third-order valence-electron chi connectivity index (χ3n) is 3.39. The van der Waals surface area contributed by atoms with Crippen LogP contribution in [0.5, 0.6) is 0 Å². The Bertz CT molecular complexity index is 202. The lowest BCUT2D eigenvalue weighted by Crippen LogP contribution is -2.34. The Kier molecular flexibility index (Phi) is 2.31. The Hall–Kier alpha value is -0.530. The van der Waals surface area contributed by atoms with Crippen LogP contribution in [-0.2, 0) is 4.79 Å². The van der Waals surface area contributed by atoms with Crippen LogP contribution in [0.2, 0.25) is 0 Å². The smallest absolute Gasteiger partial charge is 0.220 e. The first-order chi connectivity index (χ1) is 6.18. The van der Waals surface area contributed by atoms with E-state index >= 15 is 0 Å². The molecule has 0 aromatic carbocycles. The molecule has 0 unspecified atom stereocenters. The van der Waals surface area contributed by atoms with Gasteiger partial charge in [0, 0.05) is 12.0 Å². The quantitative estimate of drug-likeness (QED) is 0.710. The molecule has 2 aliphatic rings. The monoisotopic (exact) mass is 181 g/mol. The highest BCUT2D eigenvalue weighted by molar-refractivity contribution is 5.77. The fourth-order valence-corrected chi connectivity index (χ4v) is 2.18. The minimum Gasteiger partial charge on any atom is -0.351 e. The summed E-state index contributed by atoms with van der Waals surface area (Å²) in [5.41, 5.74) is 0.176.